The summed E-state index contributed by atoms with van der Waals surface area (Å²) in [5.41, 5.74) is 0.857. The van der Waals surface area contributed by atoms with Crippen molar-refractivity contribution in [3.63, 3.8) is 0 Å². The summed E-state index contributed by atoms with van der Waals surface area (Å²) in [6, 6.07) is 17.0. The van der Waals surface area contributed by atoms with Gasteiger partial charge in [-0.15, -0.1) is 0 Å². The van der Waals surface area contributed by atoms with E-state index in [1.54, 1.807) is 36.4 Å². The van der Waals surface area contributed by atoms with E-state index in [0.717, 1.165) is 36.4 Å². The zero-order valence-electron chi connectivity index (χ0n) is 25.0. The molecule has 0 radical (unpaired) electrons. The molecule has 0 bridgehead atoms. The standard InChI is InChI=1S/C33H39ClFN3O5S/c1-3-31(33(40)36-27-8-6-5-7-9-27)37(22-24-10-14-26(35)15-11-24)32(39)23-38(28-16-18-29(19-17-28)43-4-2)44(41,42)30-20-12-25(34)13-21-30/h10-21,27,31H,3-9,22-23H2,1-2H3,(H,36,40). The Hall–Kier alpha value is -3.63. The van der Waals surface area contributed by atoms with E-state index in [9.17, 15) is 22.4 Å². The van der Waals surface area contributed by atoms with Crippen molar-refractivity contribution in [2.75, 3.05) is 17.5 Å². The van der Waals surface area contributed by atoms with E-state index >= 15 is 0 Å². The van der Waals surface area contributed by atoms with E-state index in [-0.39, 0.29) is 29.1 Å². The van der Waals surface area contributed by atoms with Gasteiger partial charge in [0.15, 0.2) is 0 Å². The lowest BCUT2D eigenvalue weighted by Gasteiger charge is -2.34. The Labute approximate surface area is 264 Å². The van der Waals surface area contributed by atoms with Crippen LogP contribution in [0, 0.1) is 5.82 Å². The molecule has 0 aliphatic heterocycles. The molecule has 0 saturated heterocycles. The quantitative estimate of drug-likeness (QED) is 0.235. The number of benzene rings is 3. The summed E-state index contributed by atoms with van der Waals surface area (Å²) in [5, 5.41) is 3.48. The first-order valence-corrected chi connectivity index (χ1v) is 16.8. The van der Waals surface area contributed by atoms with Gasteiger partial charge in [0.05, 0.1) is 17.2 Å². The third-order valence-electron chi connectivity index (χ3n) is 7.72. The van der Waals surface area contributed by atoms with Gasteiger partial charge in [-0.3, -0.25) is 13.9 Å². The summed E-state index contributed by atoms with van der Waals surface area (Å²) in [4.78, 5) is 29.2. The summed E-state index contributed by atoms with van der Waals surface area (Å²) in [6.07, 6.45) is 5.23. The molecule has 0 heterocycles. The Bertz CT molecular complexity index is 1500. The molecule has 11 heteroatoms. The molecule has 236 valence electrons. The molecule has 1 aliphatic rings. The summed E-state index contributed by atoms with van der Waals surface area (Å²) in [7, 11) is -4.24. The lowest BCUT2D eigenvalue weighted by atomic mass is 9.95. The second-order valence-electron chi connectivity index (χ2n) is 10.8. The normalized spacial score (nSPS) is 14.5. The largest absolute Gasteiger partial charge is 0.494 e. The molecule has 2 amide bonds. The average Bonchev–Trinajstić information content (AvgIpc) is 3.02. The second-order valence-corrected chi connectivity index (χ2v) is 13.1. The van der Waals surface area contributed by atoms with Crippen LogP contribution in [-0.2, 0) is 26.2 Å². The highest BCUT2D eigenvalue weighted by atomic mass is 35.5. The predicted octanol–water partition coefficient (Wildman–Crippen LogP) is 6.33. The molecule has 8 nitrogen and oxygen atoms in total. The fraction of sp³-hybridized carbons (Fsp3) is 0.394. The molecule has 1 atom stereocenters. The molecule has 1 N–H and O–H groups in total. The fourth-order valence-corrected chi connectivity index (χ4v) is 6.93. The SMILES string of the molecule is CCOc1ccc(N(CC(=O)N(Cc2ccc(F)cc2)C(CC)C(=O)NC2CCCCC2)S(=O)(=O)c2ccc(Cl)cc2)cc1. The summed E-state index contributed by atoms with van der Waals surface area (Å²) in [5.74, 6) is -0.742. The minimum absolute atomic E-state index is 0.00613. The molecule has 1 fully saturated rings. The number of amides is 2. The maximum Gasteiger partial charge on any atom is 0.264 e. The van der Waals surface area contributed by atoms with Gasteiger partial charge in [-0.2, -0.15) is 0 Å². The van der Waals surface area contributed by atoms with Gasteiger partial charge in [0.25, 0.3) is 10.0 Å². The highest BCUT2D eigenvalue weighted by Crippen LogP contribution is 2.28. The molecule has 1 unspecified atom stereocenters. The van der Waals surface area contributed by atoms with E-state index in [4.69, 9.17) is 16.3 Å². The highest BCUT2D eigenvalue weighted by molar-refractivity contribution is 7.92. The van der Waals surface area contributed by atoms with Crippen LogP contribution in [0.3, 0.4) is 0 Å². The van der Waals surface area contributed by atoms with Crippen LogP contribution in [0.25, 0.3) is 0 Å². The third-order valence-corrected chi connectivity index (χ3v) is 9.76. The van der Waals surface area contributed by atoms with Crippen LogP contribution >= 0.6 is 11.6 Å². The van der Waals surface area contributed by atoms with Crippen molar-refractivity contribution in [1.29, 1.82) is 0 Å². The molecular formula is C33H39ClFN3O5S. The van der Waals surface area contributed by atoms with Crippen molar-refractivity contribution in [1.82, 2.24) is 10.2 Å². The number of sulfonamides is 1. The number of nitrogens with one attached hydrogen (secondary N) is 1. The monoisotopic (exact) mass is 643 g/mol. The number of hydrogen-bond donors (Lipinski definition) is 1. The number of anilines is 1. The van der Waals surface area contributed by atoms with Crippen molar-refractivity contribution >= 4 is 39.1 Å². The molecule has 3 aromatic carbocycles. The van der Waals surface area contributed by atoms with Gasteiger partial charge in [0, 0.05) is 17.6 Å². The number of carbonyl (C=O) groups excluding carboxylic acids is 2. The van der Waals surface area contributed by atoms with E-state index in [2.05, 4.69) is 5.32 Å². The van der Waals surface area contributed by atoms with Gasteiger partial charge in [-0.1, -0.05) is 49.9 Å². The molecular weight excluding hydrogens is 605 g/mol. The zero-order valence-corrected chi connectivity index (χ0v) is 26.6. The van der Waals surface area contributed by atoms with Gasteiger partial charge in [0.2, 0.25) is 11.8 Å². The van der Waals surface area contributed by atoms with E-state index in [1.165, 1.54) is 41.3 Å². The van der Waals surface area contributed by atoms with Crippen LogP contribution in [0.15, 0.2) is 77.7 Å². The van der Waals surface area contributed by atoms with E-state index in [0.29, 0.717) is 29.4 Å². The molecule has 1 aliphatic carbocycles. The number of hydrogen-bond acceptors (Lipinski definition) is 5. The Kier molecular flexibility index (Phi) is 11.6. The smallest absolute Gasteiger partial charge is 0.264 e. The lowest BCUT2D eigenvalue weighted by molar-refractivity contribution is -0.140. The van der Waals surface area contributed by atoms with Crippen molar-refractivity contribution in [3.8, 4) is 5.75 Å². The first kappa shape index (κ1) is 33.3. The maximum absolute atomic E-state index is 14.2. The molecule has 44 heavy (non-hydrogen) atoms. The van der Waals surface area contributed by atoms with Crippen molar-refractivity contribution in [3.05, 3.63) is 89.2 Å². The molecule has 3 aromatic rings. The number of nitrogens with zero attached hydrogens (tertiary/aromatic N) is 2. The minimum atomic E-state index is -4.24. The Balaban J connectivity index is 1.70. The number of halogens is 2. The van der Waals surface area contributed by atoms with Crippen LogP contribution < -0.4 is 14.4 Å². The Morgan fingerprint density at radius 3 is 2.18 bits per heavy atom. The Morgan fingerprint density at radius 1 is 0.955 bits per heavy atom. The van der Waals surface area contributed by atoms with Gasteiger partial charge >= 0.3 is 0 Å². The Morgan fingerprint density at radius 2 is 1.59 bits per heavy atom. The number of carbonyl (C=O) groups is 2. The highest BCUT2D eigenvalue weighted by Gasteiger charge is 2.34. The topological polar surface area (TPSA) is 96.0 Å². The summed E-state index contributed by atoms with van der Waals surface area (Å²) < 4.78 is 48.3. The van der Waals surface area contributed by atoms with E-state index < -0.39 is 34.3 Å². The summed E-state index contributed by atoms with van der Waals surface area (Å²) in [6.45, 7) is 3.50. The first-order valence-electron chi connectivity index (χ1n) is 15.0. The number of ether oxygens (including phenoxy) is 1. The van der Waals surface area contributed by atoms with Gasteiger partial charge < -0.3 is 15.0 Å². The molecule has 1 saturated carbocycles. The zero-order chi connectivity index (χ0) is 31.7. The fourth-order valence-electron chi connectivity index (χ4n) is 5.39. The first-order chi connectivity index (χ1) is 21.1. The van der Waals surface area contributed by atoms with Crippen LogP contribution in [-0.4, -0.2) is 50.4 Å². The maximum atomic E-state index is 14.2. The van der Waals surface area contributed by atoms with Gasteiger partial charge in [0.1, 0.15) is 24.2 Å². The van der Waals surface area contributed by atoms with Crippen molar-refractivity contribution < 1.29 is 27.1 Å². The van der Waals surface area contributed by atoms with Gasteiger partial charge in [-0.25, -0.2) is 12.8 Å². The molecule has 0 aromatic heterocycles. The average molecular weight is 644 g/mol. The van der Waals surface area contributed by atoms with Crippen LogP contribution in [0.1, 0.15) is 57.9 Å². The lowest BCUT2D eigenvalue weighted by Crippen LogP contribution is -2.54. The van der Waals surface area contributed by atoms with Gasteiger partial charge in [-0.05, 0) is 92.4 Å². The van der Waals surface area contributed by atoms with Crippen LogP contribution in [0.5, 0.6) is 5.75 Å². The third kappa shape index (κ3) is 8.51. The second kappa shape index (κ2) is 15.4. The van der Waals surface area contributed by atoms with Crippen LogP contribution in [0.2, 0.25) is 5.02 Å². The minimum Gasteiger partial charge on any atom is -0.494 e. The van der Waals surface area contributed by atoms with E-state index in [1.807, 2.05) is 13.8 Å². The van der Waals surface area contributed by atoms with Crippen LogP contribution in [0.4, 0.5) is 10.1 Å². The molecule has 0 spiro atoms. The number of rotatable bonds is 13. The molecule has 4 rings (SSSR count). The summed E-state index contributed by atoms with van der Waals surface area (Å²) >= 11 is 6.02. The van der Waals surface area contributed by atoms with Crippen molar-refractivity contribution in [2.45, 2.75) is 75.9 Å². The predicted molar refractivity (Wildman–Crippen MR) is 170 cm³/mol. The van der Waals surface area contributed by atoms with Crippen molar-refractivity contribution in [2.24, 2.45) is 0 Å².